The van der Waals surface area contributed by atoms with Crippen LogP contribution in [0.3, 0.4) is 0 Å². The Hall–Kier alpha value is -4.40. The molecule has 8 nitrogen and oxygen atoms in total. The average Bonchev–Trinajstić information content (AvgIpc) is 3.27. The molecule has 0 radical (unpaired) electrons. The zero-order chi connectivity index (χ0) is 22.5. The average molecular weight is 431 g/mol. The number of aromatic carboxylic acids is 1. The van der Waals surface area contributed by atoms with Crippen LogP contribution in [0.25, 0.3) is 11.4 Å². The number of halogens is 1. The first-order valence-corrected chi connectivity index (χ1v) is 9.71. The minimum atomic E-state index is -0.987. The van der Waals surface area contributed by atoms with Crippen molar-refractivity contribution in [1.82, 2.24) is 25.5 Å². The summed E-state index contributed by atoms with van der Waals surface area (Å²) in [5.41, 5.74) is 2.89. The number of carboxylic acids is 1. The van der Waals surface area contributed by atoms with Crippen molar-refractivity contribution in [2.24, 2.45) is 0 Å². The molecule has 0 saturated carbocycles. The molecule has 0 spiro atoms. The van der Waals surface area contributed by atoms with E-state index in [2.05, 4.69) is 20.7 Å². The molecule has 4 aromatic rings. The van der Waals surface area contributed by atoms with Gasteiger partial charge < -0.3 is 10.4 Å². The van der Waals surface area contributed by atoms with Gasteiger partial charge in [0.25, 0.3) is 5.91 Å². The van der Waals surface area contributed by atoms with Crippen LogP contribution in [-0.2, 0) is 13.1 Å². The Morgan fingerprint density at radius 2 is 1.66 bits per heavy atom. The fourth-order valence-electron chi connectivity index (χ4n) is 3.03. The van der Waals surface area contributed by atoms with Crippen LogP contribution in [0.2, 0.25) is 0 Å². The van der Waals surface area contributed by atoms with Crippen molar-refractivity contribution in [2.45, 2.75) is 13.1 Å². The van der Waals surface area contributed by atoms with Crippen LogP contribution in [0.1, 0.15) is 31.8 Å². The summed E-state index contributed by atoms with van der Waals surface area (Å²) in [7, 11) is 0. The molecule has 0 aliphatic rings. The maximum absolute atomic E-state index is 13.0. The second-order valence-corrected chi connectivity index (χ2v) is 7.04. The van der Waals surface area contributed by atoms with Crippen molar-refractivity contribution in [2.75, 3.05) is 0 Å². The lowest BCUT2D eigenvalue weighted by Crippen LogP contribution is -2.22. The van der Waals surface area contributed by atoms with Crippen LogP contribution >= 0.6 is 0 Å². The normalized spacial score (nSPS) is 10.7. The third kappa shape index (κ3) is 5.01. The van der Waals surface area contributed by atoms with Crippen LogP contribution in [0.15, 0.2) is 72.8 Å². The fourth-order valence-corrected chi connectivity index (χ4v) is 3.03. The summed E-state index contributed by atoms with van der Waals surface area (Å²) in [6.07, 6.45) is 0. The Balaban J connectivity index is 1.42. The molecule has 1 amide bonds. The number of nitrogens with zero attached hydrogens (tertiary/aromatic N) is 4. The Bertz CT molecular complexity index is 1250. The molecular formula is C23H18FN5O3. The molecule has 0 fully saturated rings. The molecule has 0 atom stereocenters. The molecule has 2 N–H and O–H groups in total. The number of tetrazole rings is 1. The highest BCUT2D eigenvalue weighted by molar-refractivity contribution is 5.95. The van der Waals surface area contributed by atoms with E-state index in [4.69, 9.17) is 5.11 Å². The summed E-state index contributed by atoms with van der Waals surface area (Å²) >= 11 is 0. The van der Waals surface area contributed by atoms with Crippen molar-refractivity contribution < 1.29 is 19.1 Å². The van der Waals surface area contributed by atoms with Crippen LogP contribution in [0.4, 0.5) is 4.39 Å². The number of benzene rings is 3. The minimum Gasteiger partial charge on any atom is -0.478 e. The molecule has 0 bridgehead atoms. The summed E-state index contributed by atoms with van der Waals surface area (Å²) in [5, 5.41) is 24.2. The van der Waals surface area contributed by atoms with E-state index in [9.17, 15) is 14.0 Å². The SMILES string of the molecule is O=C(O)c1ccc(Cn2nnc(-c3cccc(C(=O)NCc4ccc(F)cc4)c3)n2)cc1. The maximum Gasteiger partial charge on any atom is 0.335 e. The number of hydrogen-bond donors (Lipinski definition) is 2. The van der Waals surface area contributed by atoms with E-state index in [0.29, 0.717) is 23.5 Å². The molecule has 32 heavy (non-hydrogen) atoms. The van der Waals surface area contributed by atoms with E-state index in [0.717, 1.165) is 11.1 Å². The van der Waals surface area contributed by atoms with Gasteiger partial charge in [0, 0.05) is 17.7 Å². The molecular weight excluding hydrogens is 413 g/mol. The Morgan fingerprint density at radius 1 is 0.938 bits per heavy atom. The van der Waals surface area contributed by atoms with E-state index < -0.39 is 5.97 Å². The number of carbonyl (C=O) groups is 2. The number of hydrogen-bond acceptors (Lipinski definition) is 5. The van der Waals surface area contributed by atoms with Crippen LogP contribution in [0.5, 0.6) is 0 Å². The highest BCUT2D eigenvalue weighted by Gasteiger charge is 2.11. The molecule has 0 aliphatic heterocycles. The van der Waals surface area contributed by atoms with Crippen LogP contribution < -0.4 is 5.32 Å². The van der Waals surface area contributed by atoms with E-state index in [-0.39, 0.29) is 23.8 Å². The monoisotopic (exact) mass is 431 g/mol. The van der Waals surface area contributed by atoms with Crippen LogP contribution in [-0.4, -0.2) is 37.2 Å². The van der Waals surface area contributed by atoms with Crippen LogP contribution in [0, 0.1) is 5.82 Å². The van der Waals surface area contributed by atoms with Crippen molar-refractivity contribution in [3.8, 4) is 11.4 Å². The predicted molar refractivity (Wildman–Crippen MR) is 113 cm³/mol. The van der Waals surface area contributed by atoms with Crippen molar-refractivity contribution in [1.29, 1.82) is 0 Å². The minimum absolute atomic E-state index is 0.204. The molecule has 1 aromatic heterocycles. The van der Waals surface area contributed by atoms with Gasteiger partial charge >= 0.3 is 5.97 Å². The first kappa shape index (κ1) is 20.9. The number of nitrogens with one attached hydrogen (secondary N) is 1. The summed E-state index contributed by atoms with van der Waals surface area (Å²) in [6.45, 7) is 0.600. The molecule has 1 heterocycles. The molecule has 9 heteroatoms. The standard InChI is InChI=1S/C23H18FN5O3/c24-20-10-6-15(7-11-20)13-25-22(30)19-3-1-2-18(12-19)21-26-28-29(27-21)14-16-4-8-17(9-5-16)23(31)32/h1-12H,13-14H2,(H,25,30)(H,31,32). The van der Waals surface area contributed by atoms with Gasteiger partial charge in [-0.25, -0.2) is 9.18 Å². The molecule has 0 aliphatic carbocycles. The lowest BCUT2D eigenvalue weighted by molar-refractivity contribution is 0.0696. The van der Waals surface area contributed by atoms with Gasteiger partial charge in [0.2, 0.25) is 5.82 Å². The summed E-state index contributed by atoms with van der Waals surface area (Å²) < 4.78 is 13.0. The summed E-state index contributed by atoms with van der Waals surface area (Å²) in [5.74, 6) is -1.23. The lowest BCUT2D eigenvalue weighted by atomic mass is 10.1. The highest BCUT2D eigenvalue weighted by atomic mass is 19.1. The van der Waals surface area contributed by atoms with Gasteiger partial charge in [-0.15, -0.1) is 10.2 Å². The maximum atomic E-state index is 13.0. The molecule has 0 saturated heterocycles. The Labute approximate surface area is 182 Å². The van der Waals surface area contributed by atoms with Gasteiger partial charge in [-0.3, -0.25) is 4.79 Å². The Kier molecular flexibility index (Phi) is 5.98. The fraction of sp³-hybridized carbons (Fsp3) is 0.0870. The quantitative estimate of drug-likeness (QED) is 0.465. The topological polar surface area (TPSA) is 110 Å². The number of aromatic nitrogens is 4. The van der Waals surface area contributed by atoms with E-state index in [1.165, 1.54) is 29.1 Å². The third-order valence-corrected chi connectivity index (χ3v) is 4.73. The summed E-state index contributed by atoms with van der Waals surface area (Å²) in [6, 6.07) is 19.2. The molecule has 0 unspecified atom stereocenters. The van der Waals surface area contributed by atoms with Gasteiger partial charge in [-0.1, -0.05) is 36.4 Å². The highest BCUT2D eigenvalue weighted by Crippen LogP contribution is 2.16. The number of carboxylic acid groups (broad SMARTS) is 1. The van der Waals surface area contributed by atoms with Gasteiger partial charge in [0.1, 0.15) is 5.82 Å². The van der Waals surface area contributed by atoms with Crippen molar-refractivity contribution >= 4 is 11.9 Å². The van der Waals surface area contributed by atoms with Crippen molar-refractivity contribution in [3.63, 3.8) is 0 Å². The first-order chi connectivity index (χ1) is 15.5. The van der Waals surface area contributed by atoms with Crippen molar-refractivity contribution in [3.05, 3.63) is 101 Å². The summed E-state index contributed by atoms with van der Waals surface area (Å²) in [4.78, 5) is 24.8. The second-order valence-electron chi connectivity index (χ2n) is 7.04. The number of rotatable bonds is 7. The molecule has 4 rings (SSSR count). The van der Waals surface area contributed by atoms with E-state index in [1.54, 1.807) is 48.5 Å². The molecule has 3 aromatic carbocycles. The largest absolute Gasteiger partial charge is 0.478 e. The zero-order valence-electron chi connectivity index (χ0n) is 16.8. The van der Waals surface area contributed by atoms with E-state index >= 15 is 0 Å². The van der Waals surface area contributed by atoms with Gasteiger partial charge in [0.05, 0.1) is 12.1 Å². The smallest absolute Gasteiger partial charge is 0.335 e. The number of amides is 1. The zero-order valence-corrected chi connectivity index (χ0v) is 16.8. The lowest BCUT2D eigenvalue weighted by Gasteiger charge is -2.06. The number of carbonyl (C=O) groups excluding carboxylic acids is 1. The Morgan fingerprint density at radius 3 is 2.38 bits per heavy atom. The van der Waals surface area contributed by atoms with E-state index in [1.807, 2.05) is 0 Å². The van der Waals surface area contributed by atoms with Gasteiger partial charge in [-0.2, -0.15) is 4.80 Å². The molecule has 160 valence electrons. The first-order valence-electron chi connectivity index (χ1n) is 9.71. The third-order valence-electron chi connectivity index (χ3n) is 4.73. The van der Waals surface area contributed by atoms with Gasteiger partial charge in [0.15, 0.2) is 0 Å². The second kappa shape index (κ2) is 9.17. The predicted octanol–water partition coefficient (Wildman–Crippen LogP) is 3.16. The van der Waals surface area contributed by atoms with Gasteiger partial charge in [-0.05, 0) is 52.7 Å².